The van der Waals surface area contributed by atoms with Gasteiger partial charge in [0.1, 0.15) is 10.2 Å². The van der Waals surface area contributed by atoms with Crippen LogP contribution in [0.15, 0.2) is 0 Å². The van der Waals surface area contributed by atoms with E-state index in [9.17, 15) is 14.0 Å². The number of halogens is 1. The molecule has 0 spiro atoms. The summed E-state index contributed by atoms with van der Waals surface area (Å²) in [4.78, 5) is 0. The average Bonchev–Trinajstić information content (AvgIpc) is 1.63. The first kappa shape index (κ1) is 66.7. The van der Waals surface area contributed by atoms with Crippen LogP contribution in [0.5, 0.6) is 0 Å². The van der Waals surface area contributed by atoms with Crippen LogP contribution in [0.3, 0.4) is 0 Å². The van der Waals surface area contributed by atoms with E-state index in [1.165, 1.54) is 7.05 Å². The van der Waals surface area contributed by atoms with Crippen molar-refractivity contribution in [3.63, 3.8) is 0 Å². The van der Waals surface area contributed by atoms with Crippen LogP contribution in [-0.2, 0) is 21.2 Å². The summed E-state index contributed by atoms with van der Waals surface area (Å²) in [6, 6.07) is 0. The average molecular weight is 343 g/mol. The molecule has 14 heteroatoms. The maximum atomic E-state index is 9.36. The van der Waals surface area contributed by atoms with Gasteiger partial charge in [-0.25, -0.2) is 0 Å². The minimum absolute atomic E-state index is 0. The number of hydrogen-bond acceptors (Lipinski definition) is 6. The predicted molar refractivity (Wildman–Crippen MR) is 44.6 cm³/mol. The third-order valence-electron chi connectivity index (χ3n) is 0.172. The van der Waals surface area contributed by atoms with Crippen LogP contribution in [0.2, 0.25) is 0 Å². The zero-order valence-corrected chi connectivity index (χ0v) is 10.8. The molecule has 0 bridgehead atoms. The van der Waals surface area contributed by atoms with Gasteiger partial charge in [-0.15, -0.1) is 0 Å². The van der Waals surface area contributed by atoms with E-state index in [2.05, 4.69) is 4.39 Å². The Balaban J connectivity index is -0.00000000849. The van der Waals surface area contributed by atoms with Crippen molar-refractivity contribution in [2.75, 3.05) is 13.7 Å². The van der Waals surface area contributed by atoms with E-state index < -0.39 is 10.2 Å². The van der Waals surface area contributed by atoms with E-state index in [0.29, 0.717) is 0 Å². The summed E-state index contributed by atoms with van der Waals surface area (Å²) in [5.74, 6) is 0. The van der Waals surface area contributed by atoms with Gasteiger partial charge < -0.3 is 38.0 Å². The molecule has 0 aromatic heterocycles. The molecule has 0 aromatic carbocycles. The first-order valence-electron chi connectivity index (χ1n) is 2.34. The molecule has 121 valence electrons. The molecule has 0 saturated heterocycles. The largest absolute Gasteiger partial charge is 0.412 e. The molecule has 17 heavy (non-hydrogen) atoms. The fourth-order valence-corrected chi connectivity index (χ4v) is 0.283. The molecule has 0 aliphatic rings. The van der Waals surface area contributed by atoms with Crippen LogP contribution in [0, 0.1) is 10.2 Å². The van der Waals surface area contributed by atoms with Crippen LogP contribution in [-0.4, -0.2) is 51.6 Å². The Labute approximate surface area is 110 Å². The molecule has 0 aliphatic carbocycles. The van der Waals surface area contributed by atoms with Crippen molar-refractivity contribution >= 4 is 0 Å². The number of aliphatic hydroxyl groups excluding tert-OH is 1. The Morgan fingerprint density at radius 1 is 1.00 bits per heavy atom. The van der Waals surface area contributed by atoms with Crippen molar-refractivity contribution < 1.29 is 83.4 Å². The maximum absolute atomic E-state index is 9.36. The van der Waals surface area contributed by atoms with E-state index in [-0.39, 0.29) is 56.2 Å². The van der Waals surface area contributed by atoms with Gasteiger partial charge in [0.15, 0.2) is 4.39 Å². The Morgan fingerprint density at radius 2 is 1.18 bits per heavy atom. The molecule has 0 unspecified atom stereocenters. The molecule has 0 heterocycles. The minimum atomic E-state index is -4.29. The van der Waals surface area contributed by atoms with Crippen LogP contribution >= 0.6 is 0 Å². The summed E-state index contributed by atoms with van der Waals surface area (Å²) in [6.45, 7) is 1.93. The standard InChI is InChI=1S/C2H6O.CH4ClNO4.Co.6H2O/c1-2-3;1-3-7-2(4,5)6;;;;;;;/h3H,2H2,1H3;3H,1H3;;6*1H2. The second-order valence-corrected chi connectivity index (χ2v) is 1.89. The topological polar surface area (TPSA) is 300 Å². The van der Waals surface area contributed by atoms with Gasteiger partial charge in [-0.3, -0.25) is 0 Å². The molecular formula is C3H22ClCoNO11. The van der Waals surface area contributed by atoms with E-state index >= 15 is 0 Å². The minimum Gasteiger partial charge on any atom is -0.412 e. The van der Waals surface area contributed by atoms with Crippen molar-refractivity contribution in [3.8, 4) is 0 Å². The number of hydrogen-bond donors (Lipinski definition) is 2. The third kappa shape index (κ3) is 179. The second-order valence-electron chi connectivity index (χ2n) is 0.975. The molecule has 14 N–H and O–H groups in total. The van der Waals surface area contributed by atoms with Crippen LogP contribution in [0.1, 0.15) is 6.92 Å². The first-order chi connectivity index (χ1) is 4.47. The van der Waals surface area contributed by atoms with Crippen molar-refractivity contribution in [3.05, 3.63) is 0 Å². The molecule has 0 aliphatic heterocycles. The number of aliphatic hydroxyl groups is 1. The Hall–Kier alpha value is 0.316. The van der Waals surface area contributed by atoms with Crippen LogP contribution in [0.4, 0.5) is 0 Å². The van der Waals surface area contributed by atoms with Crippen molar-refractivity contribution in [1.29, 1.82) is 0 Å². The van der Waals surface area contributed by atoms with Crippen LogP contribution in [0.25, 0.3) is 0 Å². The Morgan fingerprint density at radius 3 is 1.18 bits per heavy atom. The van der Waals surface area contributed by atoms with Crippen LogP contribution < -0.4 is 19.5 Å². The van der Waals surface area contributed by atoms with Gasteiger partial charge in [0.25, 0.3) is 0 Å². The number of hydroxylamine groups is 1. The van der Waals surface area contributed by atoms with Gasteiger partial charge in [0.05, 0.1) is 0 Å². The summed E-state index contributed by atoms with van der Waals surface area (Å²) >= 11 is 0. The molecule has 0 amide bonds. The van der Waals surface area contributed by atoms with Gasteiger partial charge >= 0.3 is 0 Å². The molecule has 1 radical (unpaired) electrons. The van der Waals surface area contributed by atoms with Gasteiger partial charge in [-0.1, -0.05) is 5.48 Å². The van der Waals surface area contributed by atoms with Gasteiger partial charge in [0, 0.05) is 30.4 Å². The van der Waals surface area contributed by atoms with Gasteiger partial charge in [-0.05, 0) is 6.92 Å². The predicted octanol–water partition coefficient (Wildman–Crippen LogP) is -8.92. The monoisotopic (exact) mass is 342 g/mol. The Bertz CT molecular complexity index is 74.2. The summed E-state index contributed by atoms with van der Waals surface area (Å²) in [5.41, 5.74) is 1.69. The molecule has 0 saturated carbocycles. The molecule has 12 nitrogen and oxygen atoms in total. The molecular weight excluding hydrogens is 320 g/mol. The van der Waals surface area contributed by atoms with Crippen molar-refractivity contribution in [2.45, 2.75) is 6.92 Å². The van der Waals surface area contributed by atoms with Crippen molar-refractivity contribution in [2.24, 2.45) is 0 Å². The number of nitrogens with one attached hydrogen (secondary N) is 1. The summed E-state index contributed by atoms with van der Waals surface area (Å²) in [5, 5.41) is 7.57. The SMILES string of the molecule is CCO.CNO[Cl+3]([O-])([O-])[O-].O.O.O.O.O.O.[Co]. The van der Waals surface area contributed by atoms with E-state index in [1.807, 2.05) is 0 Å². The second kappa shape index (κ2) is 44.1. The molecule has 0 rings (SSSR count). The van der Waals surface area contributed by atoms with Gasteiger partial charge in [-0.2, -0.15) is 14.0 Å². The molecule has 0 fully saturated rings. The molecule has 0 atom stereocenters. The zero-order chi connectivity index (χ0) is 8.62. The maximum Gasteiger partial charge on any atom is 0.176 e. The zero-order valence-electron chi connectivity index (χ0n) is 9.00. The Kier molecular flexibility index (Phi) is 173. The van der Waals surface area contributed by atoms with E-state index in [4.69, 9.17) is 5.11 Å². The van der Waals surface area contributed by atoms with E-state index in [1.54, 1.807) is 12.4 Å². The summed E-state index contributed by atoms with van der Waals surface area (Å²) < 4.78 is 31.5. The molecule has 0 aromatic rings. The van der Waals surface area contributed by atoms with Gasteiger partial charge in [0.2, 0.25) is 0 Å². The first-order valence-corrected chi connectivity index (χ1v) is 3.58. The quantitative estimate of drug-likeness (QED) is 0.458. The summed E-state index contributed by atoms with van der Waals surface area (Å²) in [6.07, 6.45) is 0. The number of rotatable bonds is 2. The van der Waals surface area contributed by atoms with Crippen molar-refractivity contribution in [1.82, 2.24) is 5.48 Å². The summed E-state index contributed by atoms with van der Waals surface area (Å²) in [7, 11) is -3.12. The normalized spacial score (nSPS) is 6.00. The fraction of sp³-hybridized carbons (Fsp3) is 1.00. The fourth-order valence-electron chi connectivity index (χ4n) is 0.0945. The van der Waals surface area contributed by atoms with E-state index in [0.717, 1.165) is 0 Å². The third-order valence-corrected chi connectivity index (χ3v) is 0.515. The smallest absolute Gasteiger partial charge is 0.176 e.